The maximum atomic E-state index is 12.4. The van der Waals surface area contributed by atoms with Crippen LogP contribution >= 0.6 is 23.4 Å². The van der Waals surface area contributed by atoms with Gasteiger partial charge in [-0.15, -0.1) is 0 Å². The summed E-state index contributed by atoms with van der Waals surface area (Å²) in [5.41, 5.74) is 1.04. The van der Waals surface area contributed by atoms with Crippen LogP contribution in [-0.2, 0) is 0 Å². The molecule has 26 heavy (non-hydrogen) atoms. The highest BCUT2D eigenvalue weighted by molar-refractivity contribution is 8.04. The quantitative estimate of drug-likeness (QED) is 0.323. The van der Waals surface area contributed by atoms with Gasteiger partial charge < -0.3 is 4.42 Å². The van der Waals surface area contributed by atoms with E-state index in [0.717, 1.165) is 4.90 Å². The van der Waals surface area contributed by atoms with E-state index in [1.54, 1.807) is 24.3 Å². The van der Waals surface area contributed by atoms with Crippen LogP contribution in [0.5, 0.6) is 0 Å². The molecule has 0 amide bonds. The van der Waals surface area contributed by atoms with Crippen molar-refractivity contribution in [2.45, 2.75) is 4.90 Å². The molecule has 4 rings (SSSR count). The first kappa shape index (κ1) is 16.6. The standard InChI is InChI=1S/C19H10ClNO4S/c20-15-7-5-11(21(23)24)9-14(15)16-8-6-12(25-16)10-18-19(22)13-3-1-2-4-17(13)26-18/h1-10H/b18-10-. The number of hydrogen-bond donors (Lipinski definition) is 0. The zero-order valence-electron chi connectivity index (χ0n) is 13.1. The Kier molecular flexibility index (Phi) is 4.14. The van der Waals surface area contributed by atoms with Gasteiger partial charge in [0, 0.05) is 28.2 Å². The van der Waals surface area contributed by atoms with Gasteiger partial charge in [-0.3, -0.25) is 14.9 Å². The van der Waals surface area contributed by atoms with Crippen molar-refractivity contribution < 1.29 is 14.1 Å². The average molecular weight is 384 g/mol. The molecular formula is C19H10ClNO4S. The Bertz CT molecular complexity index is 1090. The van der Waals surface area contributed by atoms with E-state index in [-0.39, 0.29) is 11.5 Å². The lowest BCUT2D eigenvalue weighted by Gasteiger charge is -2.00. The van der Waals surface area contributed by atoms with Gasteiger partial charge in [0.2, 0.25) is 5.78 Å². The molecule has 0 aliphatic carbocycles. The number of carbonyl (C=O) groups excluding carboxylic acids is 1. The minimum atomic E-state index is -0.489. The van der Waals surface area contributed by atoms with Crippen LogP contribution in [0.2, 0.25) is 5.02 Å². The number of nitro benzene ring substituents is 1. The van der Waals surface area contributed by atoms with Gasteiger partial charge in [0.25, 0.3) is 5.69 Å². The smallest absolute Gasteiger partial charge is 0.270 e. The Morgan fingerprint density at radius 1 is 1.08 bits per heavy atom. The van der Waals surface area contributed by atoms with Gasteiger partial charge in [-0.2, -0.15) is 0 Å². The minimum absolute atomic E-state index is 0.0445. The topological polar surface area (TPSA) is 73.3 Å². The zero-order chi connectivity index (χ0) is 18.3. The number of allylic oxidation sites excluding steroid dienone is 1. The number of nitro groups is 1. The van der Waals surface area contributed by atoms with E-state index in [9.17, 15) is 14.9 Å². The van der Waals surface area contributed by atoms with Gasteiger partial charge in [-0.25, -0.2) is 0 Å². The van der Waals surface area contributed by atoms with Crippen molar-refractivity contribution >= 4 is 40.9 Å². The maximum absolute atomic E-state index is 12.4. The summed E-state index contributed by atoms with van der Waals surface area (Å²) < 4.78 is 5.75. The van der Waals surface area contributed by atoms with Gasteiger partial charge in [-0.1, -0.05) is 35.5 Å². The number of ketones is 1. The van der Waals surface area contributed by atoms with Crippen molar-refractivity contribution in [3.8, 4) is 11.3 Å². The monoisotopic (exact) mass is 383 g/mol. The molecule has 0 radical (unpaired) electrons. The summed E-state index contributed by atoms with van der Waals surface area (Å²) in [6.07, 6.45) is 1.67. The van der Waals surface area contributed by atoms with Crippen LogP contribution in [0.15, 0.2) is 68.8 Å². The normalized spacial score (nSPS) is 14.7. The minimum Gasteiger partial charge on any atom is -0.457 e. The summed E-state index contributed by atoms with van der Waals surface area (Å²) in [6.45, 7) is 0. The van der Waals surface area contributed by atoms with Crippen molar-refractivity contribution in [2.75, 3.05) is 0 Å². The Balaban J connectivity index is 1.67. The highest BCUT2D eigenvalue weighted by Gasteiger charge is 2.25. The van der Waals surface area contributed by atoms with E-state index in [0.29, 0.717) is 32.6 Å². The van der Waals surface area contributed by atoms with Gasteiger partial charge in [0.05, 0.1) is 14.9 Å². The summed E-state index contributed by atoms with van der Waals surface area (Å²) in [4.78, 5) is 24.4. The third kappa shape index (κ3) is 2.94. The highest BCUT2D eigenvalue weighted by Crippen LogP contribution is 2.41. The number of carbonyl (C=O) groups is 1. The van der Waals surface area contributed by atoms with E-state index in [2.05, 4.69) is 0 Å². The van der Waals surface area contributed by atoms with Crippen LogP contribution in [0.3, 0.4) is 0 Å². The lowest BCUT2D eigenvalue weighted by Crippen LogP contribution is -1.93. The molecule has 1 aromatic heterocycles. The van der Waals surface area contributed by atoms with Crippen LogP contribution < -0.4 is 0 Å². The molecule has 0 saturated heterocycles. The van der Waals surface area contributed by atoms with E-state index >= 15 is 0 Å². The lowest BCUT2D eigenvalue weighted by molar-refractivity contribution is -0.384. The maximum Gasteiger partial charge on any atom is 0.270 e. The summed E-state index contributed by atoms with van der Waals surface area (Å²) in [7, 11) is 0. The number of thioether (sulfide) groups is 1. The lowest BCUT2D eigenvalue weighted by atomic mass is 10.1. The van der Waals surface area contributed by atoms with E-state index in [1.807, 2.05) is 18.2 Å². The largest absolute Gasteiger partial charge is 0.457 e. The first-order valence-electron chi connectivity index (χ1n) is 7.60. The molecule has 3 aromatic rings. The number of hydrogen-bond acceptors (Lipinski definition) is 5. The first-order valence-corrected chi connectivity index (χ1v) is 8.80. The predicted molar refractivity (Wildman–Crippen MR) is 100 cm³/mol. The number of Topliss-reactive ketones (excluding diaryl/α,β-unsaturated/α-hetero) is 1. The summed E-state index contributed by atoms with van der Waals surface area (Å²) in [6, 6.07) is 14.9. The number of rotatable bonds is 3. The average Bonchev–Trinajstić information content (AvgIpc) is 3.21. The second-order valence-electron chi connectivity index (χ2n) is 5.56. The summed E-state index contributed by atoms with van der Waals surface area (Å²) in [5, 5.41) is 11.3. The Morgan fingerprint density at radius 2 is 1.88 bits per heavy atom. The number of nitrogens with zero attached hydrogens (tertiary/aromatic N) is 1. The van der Waals surface area contributed by atoms with E-state index < -0.39 is 4.92 Å². The number of fused-ring (bicyclic) bond motifs is 1. The highest BCUT2D eigenvalue weighted by atomic mass is 35.5. The molecule has 1 aliphatic heterocycles. The number of non-ortho nitro benzene ring substituents is 1. The van der Waals surface area contributed by atoms with Crippen LogP contribution in [0.1, 0.15) is 16.1 Å². The van der Waals surface area contributed by atoms with Crippen LogP contribution in [0.4, 0.5) is 5.69 Å². The number of benzene rings is 2. The molecule has 0 fully saturated rings. The molecule has 0 atom stereocenters. The van der Waals surface area contributed by atoms with Gasteiger partial charge in [-0.05, 0) is 36.4 Å². The Hall–Kier alpha value is -2.83. The van der Waals surface area contributed by atoms with Crippen molar-refractivity contribution in [1.29, 1.82) is 0 Å². The van der Waals surface area contributed by atoms with Gasteiger partial charge in [0.1, 0.15) is 11.5 Å². The van der Waals surface area contributed by atoms with Crippen molar-refractivity contribution in [3.63, 3.8) is 0 Å². The molecule has 2 heterocycles. The fourth-order valence-corrected chi connectivity index (χ4v) is 3.90. The Labute approximate surface area is 157 Å². The summed E-state index contributed by atoms with van der Waals surface area (Å²) >= 11 is 7.53. The fraction of sp³-hybridized carbons (Fsp3) is 0. The second kappa shape index (κ2) is 6.48. The Morgan fingerprint density at radius 3 is 2.65 bits per heavy atom. The van der Waals surface area contributed by atoms with Crippen LogP contribution in [-0.4, -0.2) is 10.7 Å². The zero-order valence-corrected chi connectivity index (χ0v) is 14.7. The molecule has 0 bridgehead atoms. The predicted octanol–water partition coefficient (Wildman–Crippen LogP) is 5.84. The molecule has 0 N–H and O–H groups in total. The summed E-state index contributed by atoms with van der Waals surface area (Å²) in [5.74, 6) is 0.835. The molecule has 0 spiro atoms. The van der Waals surface area contributed by atoms with Crippen molar-refractivity contribution in [1.82, 2.24) is 0 Å². The molecule has 0 saturated carbocycles. The molecular weight excluding hydrogens is 374 g/mol. The van der Waals surface area contributed by atoms with Gasteiger partial charge in [0.15, 0.2) is 0 Å². The van der Waals surface area contributed by atoms with Crippen LogP contribution in [0.25, 0.3) is 17.4 Å². The van der Waals surface area contributed by atoms with E-state index in [4.69, 9.17) is 16.0 Å². The van der Waals surface area contributed by atoms with Crippen molar-refractivity contribution in [2.24, 2.45) is 0 Å². The van der Waals surface area contributed by atoms with E-state index in [1.165, 1.54) is 30.0 Å². The molecule has 0 unspecified atom stereocenters. The number of halogens is 1. The molecule has 2 aromatic carbocycles. The number of furan rings is 1. The fourth-order valence-electron chi connectivity index (χ4n) is 2.66. The SMILES string of the molecule is O=C1/C(=C/c2ccc(-c3cc([N+](=O)[O-])ccc3Cl)o2)Sc2ccccc21. The first-order chi connectivity index (χ1) is 12.5. The van der Waals surface area contributed by atoms with Crippen LogP contribution in [0, 0.1) is 10.1 Å². The van der Waals surface area contributed by atoms with Crippen molar-refractivity contribution in [3.05, 3.63) is 86.0 Å². The molecule has 7 heteroatoms. The van der Waals surface area contributed by atoms with Gasteiger partial charge >= 0.3 is 0 Å². The molecule has 5 nitrogen and oxygen atoms in total. The second-order valence-corrected chi connectivity index (χ2v) is 7.05. The molecule has 1 aliphatic rings. The third-order valence-corrected chi connectivity index (χ3v) is 5.33. The third-order valence-electron chi connectivity index (χ3n) is 3.90. The molecule has 128 valence electrons.